The van der Waals surface area contributed by atoms with E-state index in [4.69, 9.17) is 10.7 Å². The Hall–Kier alpha value is -0.610. The summed E-state index contributed by atoms with van der Waals surface area (Å²) < 4.78 is 40.4. The van der Waals surface area contributed by atoms with Crippen LogP contribution in [0.2, 0.25) is 0 Å². The molecule has 0 N–H and O–H groups in total. The van der Waals surface area contributed by atoms with E-state index in [9.17, 15) is 13.2 Å². The van der Waals surface area contributed by atoms with Crippen LogP contribution in [-0.2, 0) is 0 Å². The highest BCUT2D eigenvalue weighted by molar-refractivity contribution is 8.54. The van der Waals surface area contributed by atoms with E-state index in [1.54, 1.807) is 25.1 Å². The van der Waals surface area contributed by atoms with Crippen LogP contribution in [0, 0.1) is 0 Å². The topological polar surface area (TPSA) is 0 Å². The highest BCUT2D eigenvalue weighted by Gasteiger charge is 2.55. The minimum atomic E-state index is -4.41. The van der Waals surface area contributed by atoms with E-state index >= 15 is 0 Å². The van der Waals surface area contributed by atoms with Crippen molar-refractivity contribution in [1.82, 2.24) is 0 Å². The van der Waals surface area contributed by atoms with Crippen molar-refractivity contribution in [3.8, 4) is 0 Å². The number of hydrogen-bond acceptors (Lipinski definition) is 0. The normalized spacial score (nSPS) is 26.0. The number of halogens is 4. The molecule has 1 aliphatic rings. The van der Waals surface area contributed by atoms with Gasteiger partial charge in [0.2, 0.25) is 0 Å². The first-order valence-corrected chi connectivity index (χ1v) is 8.61. The van der Waals surface area contributed by atoms with E-state index in [-0.39, 0.29) is 10.8 Å². The number of alkyl halides is 3. The zero-order valence-electron chi connectivity index (χ0n) is 11.0. The molecule has 1 atom stereocenters. The molecule has 0 aromatic heterocycles. The van der Waals surface area contributed by atoms with Gasteiger partial charge in [0.15, 0.2) is 0 Å². The average molecular weight is 309 g/mol. The van der Waals surface area contributed by atoms with Crippen molar-refractivity contribution in [2.75, 3.05) is 0 Å². The SMILES string of the molecule is CCC1=Cc2ccc(C(C)C)cc2S1(Cl)C(F)(F)F. The van der Waals surface area contributed by atoms with Crippen LogP contribution in [0.3, 0.4) is 0 Å². The fourth-order valence-corrected chi connectivity index (χ4v) is 5.37. The molecule has 106 valence electrons. The molecule has 0 radical (unpaired) electrons. The standard InChI is InChI=1S/C14H16ClF3S/c1-4-12-7-11-6-5-10(9(2)3)8-13(11)19(12,15)14(16,17)18/h5-9H,4H2,1-3H3. The monoisotopic (exact) mass is 308 g/mol. The molecule has 0 nitrogen and oxygen atoms in total. The molecule has 1 aromatic rings. The van der Waals surface area contributed by atoms with Gasteiger partial charge in [-0.3, -0.25) is 0 Å². The van der Waals surface area contributed by atoms with Gasteiger partial charge in [-0.05, 0) is 60.4 Å². The van der Waals surface area contributed by atoms with E-state index in [1.807, 2.05) is 19.9 Å². The summed E-state index contributed by atoms with van der Waals surface area (Å²) in [7, 11) is 2.72. The second kappa shape index (κ2) is 4.74. The summed E-state index contributed by atoms with van der Waals surface area (Å²) in [4.78, 5) is 0.558. The fourth-order valence-electron chi connectivity index (χ4n) is 2.24. The third-order valence-corrected chi connectivity index (χ3v) is 7.70. The van der Waals surface area contributed by atoms with Crippen LogP contribution in [0.4, 0.5) is 13.2 Å². The van der Waals surface area contributed by atoms with E-state index in [0.29, 0.717) is 16.9 Å². The van der Waals surface area contributed by atoms with Gasteiger partial charge in [-0.25, -0.2) is 0 Å². The average Bonchev–Trinajstić information content (AvgIpc) is 2.62. The Labute approximate surface area is 117 Å². The molecule has 1 aromatic carbocycles. The van der Waals surface area contributed by atoms with Crippen LogP contribution in [0.5, 0.6) is 0 Å². The largest absolute Gasteiger partial charge is 0.445 e. The van der Waals surface area contributed by atoms with E-state index < -0.39 is 14.7 Å². The maximum atomic E-state index is 13.5. The van der Waals surface area contributed by atoms with Gasteiger partial charge in [-0.1, -0.05) is 32.9 Å². The fraction of sp³-hybridized carbons (Fsp3) is 0.429. The van der Waals surface area contributed by atoms with Gasteiger partial charge in [0.25, 0.3) is 0 Å². The molecule has 19 heavy (non-hydrogen) atoms. The van der Waals surface area contributed by atoms with Crippen LogP contribution in [0.15, 0.2) is 28.0 Å². The third-order valence-electron chi connectivity index (χ3n) is 3.35. The quantitative estimate of drug-likeness (QED) is 0.592. The lowest BCUT2D eigenvalue weighted by Gasteiger charge is -2.34. The highest BCUT2D eigenvalue weighted by atomic mass is 35.7. The second-order valence-electron chi connectivity index (χ2n) is 4.90. The van der Waals surface area contributed by atoms with Crippen molar-refractivity contribution < 1.29 is 13.2 Å². The summed E-state index contributed by atoms with van der Waals surface area (Å²) >= 11 is 0. The molecule has 0 fully saturated rings. The van der Waals surface area contributed by atoms with Crippen molar-refractivity contribution in [2.24, 2.45) is 0 Å². The van der Waals surface area contributed by atoms with Gasteiger partial charge in [0.05, 0.1) is 0 Å². The van der Waals surface area contributed by atoms with Crippen LogP contribution in [0.25, 0.3) is 6.08 Å². The first kappa shape index (κ1) is 14.8. The number of allylic oxidation sites excluding steroid dienone is 1. The molecule has 0 spiro atoms. The van der Waals surface area contributed by atoms with Crippen LogP contribution < -0.4 is 0 Å². The number of rotatable bonds is 2. The predicted octanol–water partition coefficient (Wildman–Crippen LogP) is 6.41. The van der Waals surface area contributed by atoms with Crippen molar-refractivity contribution in [3.63, 3.8) is 0 Å². The van der Waals surface area contributed by atoms with Crippen LogP contribution in [-0.4, -0.2) is 5.51 Å². The number of hydrogen-bond donors (Lipinski definition) is 0. The molecule has 0 amide bonds. The van der Waals surface area contributed by atoms with Crippen LogP contribution >= 0.6 is 19.9 Å². The molecule has 0 aliphatic carbocycles. The minimum Gasteiger partial charge on any atom is -0.160 e. The lowest BCUT2D eigenvalue weighted by atomic mass is 10.0. The number of fused-ring (bicyclic) bond motifs is 1. The Morgan fingerprint density at radius 3 is 2.37 bits per heavy atom. The first-order chi connectivity index (χ1) is 8.71. The van der Waals surface area contributed by atoms with Crippen LogP contribution in [0.1, 0.15) is 44.2 Å². The lowest BCUT2D eigenvalue weighted by molar-refractivity contribution is -0.0359. The molecule has 0 saturated carbocycles. The maximum absolute atomic E-state index is 13.5. The summed E-state index contributed by atoms with van der Waals surface area (Å²) in [6.45, 7) is 5.64. The molecule has 1 aliphatic heterocycles. The molecule has 5 heteroatoms. The number of benzene rings is 1. The molecular weight excluding hydrogens is 293 g/mol. The van der Waals surface area contributed by atoms with Gasteiger partial charge >= 0.3 is 5.51 Å². The Morgan fingerprint density at radius 1 is 1.26 bits per heavy atom. The highest BCUT2D eigenvalue weighted by Crippen LogP contribution is 2.80. The zero-order valence-corrected chi connectivity index (χ0v) is 12.6. The van der Waals surface area contributed by atoms with E-state index in [2.05, 4.69) is 0 Å². The third kappa shape index (κ3) is 2.19. The molecule has 1 unspecified atom stereocenters. The van der Waals surface area contributed by atoms with Crippen molar-refractivity contribution in [1.29, 1.82) is 0 Å². The van der Waals surface area contributed by atoms with Gasteiger partial charge in [0.1, 0.15) is 0 Å². The van der Waals surface area contributed by atoms with Crippen molar-refractivity contribution >= 4 is 26.0 Å². The van der Waals surface area contributed by atoms with Crippen molar-refractivity contribution in [3.05, 3.63) is 34.2 Å². The summed E-state index contributed by atoms with van der Waals surface area (Å²) in [5.41, 5.74) is -2.90. The van der Waals surface area contributed by atoms with E-state index in [0.717, 1.165) is 5.56 Å². The molecular formula is C14H16ClF3S. The summed E-state index contributed by atoms with van der Waals surface area (Å²) in [6, 6.07) is 5.27. The minimum absolute atomic E-state index is 0.185. The van der Waals surface area contributed by atoms with E-state index in [1.165, 1.54) is 0 Å². The predicted molar refractivity (Wildman–Crippen MR) is 76.6 cm³/mol. The summed E-state index contributed by atoms with van der Waals surface area (Å²) in [6.07, 6.45) is 1.93. The lowest BCUT2D eigenvalue weighted by Crippen LogP contribution is -2.16. The first-order valence-electron chi connectivity index (χ1n) is 6.15. The maximum Gasteiger partial charge on any atom is 0.445 e. The molecule has 1 heterocycles. The summed E-state index contributed by atoms with van der Waals surface area (Å²) in [5.74, 6) is 0.185. The Bertz CT molecular complexity index is 534. The Kier molecular flexibility index (Phi) is 3.69. The second-order valence-corrected chi connectivity index (χ2v) is 8.79. The smallest absolute Gasteiger partial charge is 0.160 e. The zero-order chi connectivity index (χ0) is 14.4. The summed E-state index contributed by atoms with van der Waals surface area (Å²) in [5, 5.41) is 0. The van der Waals surface area contributed by atoms with Gasteiger partial charge in [-0.2, -0.15) is 13.2 Å². The molecule has 0 saturated heterocycles. The molecule has 2 rings (SSSR count). The van der Waals surface area contributed by atoms with Crippen molar-refractivity contribution in [2.45, 2.75) is 43.5 Å². The van der Waals surface area contributed by atoms with Gasteiger partial charge in [-0.15, -0.1) is 0 Å². The Morgan fingerprint density at radius 2 is 1.89 bits per heavy atom. The Balaban J connectivity index is 2.65. The molecule has 0 bridgehead atoms. The van der Waals surface area contributed by atoms with Gasteiger partial charge in [0, 0.05) is 4.90 Å². The van der Waals surface area contributed by atoms with Gasteiger partial charge < -0.3 is 0 Å².